The van der Waals surface area contributed by atoms with Crippen LogP contribution in [0.3, 0.4) is 0 Å². The number of aromatic carboxylic acids is 1. The first-order chi connectivity index (χ1) is 20.6. The van der Waals surface area contributed by atoms with Gasteiger partial charge in [0.2, 0.25) is 5.91 Å². The molecule has 2 aliphatic rings. The molecule has 5 rings (SSSR count). The first kappa shape index (κ1) is 30.9. The fraction of sp³-hybridized carbons (Fsp3) is 0.364. The zero-order valence-corrected chi connectivity index (χ0v) is 24.9. The van der Waals surface area contributed by atoms with E-state index in [4.69, 9.17) is 23.2 Å². The predicted octanol–water partition coefficient (Wildman–Crippen LogP) is 7.71. The summed E-state index contributed by atoms with van der Waals surface area (Å²) in [5.74, 6) is -4.40. The average Bonchev–Trinajstić information content (AvgIpc) is 3.34. The molecule has 5 atom stereocenters. The Bertz CT molecular complexity index is 1570. The van der Waals surface area contributed by atoms with Gasteiger partial charge in [-0.2, -0.15) is 5.26 Å². The second kappa shape index (κ2) is 12.6. The van der Waals surface area contributed by atoms with Crippen LogP contribution in [0.1, 0.15) is 66.4 Å². The van der Waals surface area contributed by atoms with Gasteiger partial charge in [-0.3, -0.25) is 4.79 Å². The quantitative estimate of drug-likeness (QED) is 0.249. The van der Waals surface area contributed by atoms with Crippen LogP contribution in [0.25, 0.3) is 0 Å². The number of carbonyl (C=O) groups is 2. The van der Waals surface area contributed by atoms with E-state index in [1.165, 1.54) is 48.5 Å². The molecule has 1 saturated carbocycles. The lowest BCUT2D eigenvalue weighted by Crippen LogP contribution is -2.49. The van der Waals surface area contributed by atoms with E-state index in [1.807, 2.05) is 6.92 Å². The average molecular weight is 627 g/mol. The third-order valence-electron chi connectivity index (χ3n) is 9.15. The van der Waals surface area contributed by atoms with Crippen molar-refractivity contribution in [1.82, 2.24) is 5.32 Å². The maximum Gasteiger partial charge on any atom is 0.335 e. The number of anilines is 1. The van der Waals surface area contributed by atoms with E-state index in [2.05, 4.69) is 16.7 Å². The van der Waals surface area contributed by atoms with Crippen LogP contribution in [0.15, 0.2) is 60.7 Å². The lowest BCUT2D eigenvalue weighted by Gasteiger charge is -2.41. The summed E-state index contributed by atoms with van der Waals surface area (Å²) >= 11 is 12.3. The van der Waals surface area contributed by atoms with Crippen molar-refractivity contribution in [2.45, 2.75) is 62.4 Å². The molecular formula is C33H31Cl2F2N3O3. The second-order valence-electron chi connectivity index (χ2n) is 11.5. The summed E-state index contributed by atoms with van der Waals surface area (Å²) < 4.78 is 31.8. The van der Waals surface area contributed by atoms with Crippen LogP contribution in [-0.2, 0) is 10.2 Å². The normalized spacial score (nSPS) is 24.7. The minimum absolute atomic E-state index is 0.00983. The number of hydrogen-bond donors (Lipinski definition) is 3. The predicted molar refractivity (Wildman–Crippen MR) is 161 cm³/mol. The van der Waals surface area contributed by atoms with Crippen molar-refractivity contribution in [3.05, 3.63) is 99.0 Å². The van der Waals surface area contributed by atoms with Gasteiger partial charge in [0.15, 0.2) is 0 Å². The van der Waals surface area contributed by atoms with Gasteiger partial charge in [0.05, 0.1) is 22.7 Å². The summed E-state index contributed by atoms with van der Waals surface area (Å²) in [4.78, 5) is 25.4. The minimum atomic E-state index is -1.73. The van der Waals surface area contributed by atoms with Gasteiger partial charge >= 0.3 is 5.97 Å². The van der Waals surface area contributed by atoms with Crippen LogP contribution >= 0.6 is 23.2 Å². The van der Waals surface area contributed by atoms with Crippen molar-refractivity contribution in [2.75, 3.05) is 5.32 Å². The summed E-state index contributed by atoms with van der Waals surface area (Å²) in [5.41, 5.74) is -1.35. The summed E-state index contributed by atoms with van der Waals surface area (Å²) in [7, 11) is 0. The third-order valence-corrected chi connectivity index (χ3v) is 9.68. The highest BCUT2D eigenvalue weighted by atomic mass is 35.5. The topological polar surface area (TPSA) is 102 Å². The molecule has 3 N–H and O–H groups in total. The fourth-order valence-corrected chi connectivity index (χ4v) is 7.40. The number of benzene rings is 3. The zero-order chi connectivity index (χ0) is 30.9. The molecule has 3 aromatic rings. The Labute approximate surface area is 259 Å². The van der Waals surface area contributed by atoms with E-state index in [9.17, 15) is 20.0 Å². The van der Waals surface area contributed by atoms with Gasteiger partial charge in [-0.15, -0.1) is 0 Å². The highest BCUT2D eigenvalue weighted by Crippen LogP contribution is 2.54. The van der Waals surface area contributed by atoms with Gasteiger partial charge < -0.3 is 15.7 Å². The molecular weight excluding hydrogens is 595 g/mol. The van der Waals surface area contributed by atoms with Crippen LogP contribution in [0.4, 0.5) is 14.5 Å². The van der Waals surface area contributed by atoms with Gasteiger partial charge in [0.1, 0.15) is 17.0 Å². The van der Waals surface area contributed by atoms with Crippen LogP contribution in [-0.4, -0.2) is 29.1 Å². The molecule has 1 unspecified atom stereocenters. The molecule has 10 heteroatoms. The van der Waals surface area contributed by atoms with Gasteiger partial charge in [0.25, 0.3) is 0 Å². The SMILES string of the molecule is CC(C1CCCCC1)[C@H]1N[C@H](C(=O)Nc2ccc(C(=O)O)cc2)[C@@H](c2cccc(Cl)c2F)[C@]1(C#N)c1ccc(Cl)cc1F. The van der Waals surface area contributed by atoms with Gasteiger partial charge in [-0.25, -0.2) is 13.6 Å². The largest absolute Gasteiger partial charge is 0.478 e. The van der Waals surface area contributed by atoms with Crippen molar-refractivity contribution < 1.29 is 23.5 Å². The Morgan fingerprint density at radius 3 is 2.40 bits per heavy atom. The third kappa shape index (κ3) is 5.74. The molecule has 0 aromatic heterocycles. The summed E-state index contributed by atoms with van der Waals surface area (Å²) in [6.45, 7) is 2.00. The maximum absolute atomic E-state index is 15.9. The number of nitriles is 1. The number of nitrogens with one attached hydrogen (secondary N) is 2. The molecule has 0 spiro atoms. The highest BCUT2D eigenvalue weighted by Gasteiger charge is 2.62. The Morgan fingerprint density at radius 2 is 1.77 bits per heavy atom. The minimum Gasteiger partial charge on any atom is -0.478 e. The molecule has 43 heavy (non-hydrogen) atoms. The molecule has 6 nitrogen and oxygen atoms in total. The molecule has 2 fully saturated rings. The number of hydrogen-bond acceptors (Lipinski definition) is 4. The van der Waals surface area contributed by atoms with Crippen molar-refractivity contribution >= 4 is 40.8 Å². The summed E-state index contributed by atoms with van der Waals surface area (Å²) in [5, 5.41) is 26.5. The molecule has 1 saturated heterocycles. The Morgan fingerprint density at radius 1 is 1.07 bits per heavy atom. The van der Waals surface area contributed by atoms with Crippen molar-refractivity contribution in [3.63, 3.8) is 0 Å². The van der Waals surface area contributed by atoms with Gasteiger partial charge in [-0.05, 0) is 59.9 Å². The molecule has 1 aliphatic carbocycles. The molecule has 1 aliphatic heterocycles. The number of carboxylic acids is 1. The fourth-order valence-electron chi connectivity index (χ4n) is 7.06. The first-order valence-electron chi connectivity index (χ1n) is 14.3. The van der Waals surface area contributed by atoms with Crippen molar-refractivity contribution in [2.24, 2.45) is 11.8 Å². The van der Waals surface area contributed by atoms with E-state index < -0.39 is 46.9 Å². The van der Waals surface area contributed by atoms with Crippen LogP contribution < -0.4 is 10.6 Å². The van der Waals surface area contributed by atoms with E-state index in [0.717, 1.165) is 38.2 Å². The first-order valence-corrected chi connectivity index (χ1v) is 15.0. The standard InChI is InChI=1S/C33H31Cl2F2N3O3/c1-18(19-6-3-2-4-7-19)30-33(17-38,24-15-12-21(34)16-26(24)36)27(23-8-5-9-25(35)28(23)37)29(40-30)31(41)39-22-13-10-20(11-14-22)32(42)43/h5,8-16,18-19,27,29-30,40H,2-4,6-7H2,1H3,(H,39,41)(H,42,43)/t18?,27-,29+,30-,33+/m1/s1. The Balaban J connectivity index is 1.69. The van der Waals surface area contributed by atoms with Crippen molar-refractivity contribution in [3.8, 4) is 6.07 Å². The molecule has 0 radical (unpaired) electrons. The lowest BCUT2D eigenvalue weighted by molar-refractivity contribution is -0.118. The monoisotopic (exact) mass is 625 g/mol. The van der Waals surface area contributed by atoms with E-state index in [1.54, 1.807) is 6.07 Å². The number of rotatable bonds is 7. The number of carboxylic acid groups (broad SMARTS) is 1. The molecule has 224 valence electrons. The molecule has 3 aromatic carbocycles. The van der Waals surface area contributed by atoms with Gasteiger partial charge in [0, 0.05) is 28.2 Å². The molecule has 0 bridgehead atoms. The highest BCUT2D eigenvalue weighted by molar-refractivity contribution is 6.31. The summed E-state index contributed by atoms with van der Waals surface area (Å²) in [6, 6.07) is 14.5. The smallest absolute Gasteiger partial charge is 0.335 e. The van der Waals surface area contributed by atoms with E-state index in [-0.39, 0.29) is 38.6 Å². The van der Waals surface area contributed by atoms with Gasteiger partial charge in [-0.1, -0.05) is 80.4 Å². The van der Waals surface area contributed by atoms with Crippen LogP contribution in [0, 0.1) is 34.8 Å². The van der Waals surface area contributed by atoms with E-state index >= 15 is 8.78 Å². The van der Waals surface area contributed by atoms with Crippen molar-refractivity contribution in [1.29, 1.82) is 5.26 Å². The second-order valence-corrected chi connectivity index (χ2v) is 12.3. The molecule has 1 heterocycles. The zero-order valence-electron chi connectivity index (χ0n) is 23.4. The Kier molecular flexibility index (Phi) is 9.07. The lowest BCUT2D eigenvalue weighted by atomic mass is 9.60. The van der Waals surface area contributed by atoms with Crippen LogP contribution in [0.2, 0.25) is 10.0 Å². The maximum atomic E-state index is 15.9. The Hall–Kier alpha value is -3.51. The number of nitrogens with zero attached hydrogens (tertiary/aromatic N) is 1. The number of halogens is 4. The van der Waals surface area contributed by atoms with E-state index in [0.29, 0.717) is 5.69 Å². The molecule has 1 amide bonds. The number of carbonyl (C=O) groups excluding carboxylic acids is 1. The van der Waals surface area contributed by atoms with Crippen LogP contribution in [0.5, 0.6) is 0 Å². The number of amides is 1. The summed E-state index contributed by atoms with van der Waals surface area (Å²) in [6.07, 6.45) is 5.01.